The highest BCUT2D eigenvalue weighted by atomic mass is 32.2. The number of carboxylic acids is 2. The number of amides is 1. The Morgan fingerprint density at radius 3 is 2.08 bits per heavy atom. The standard InChI is InChI=1S/C29H31NO7S/c31-27(14-15-28(32)33)30-25-20-22(29(34)35)10-13-26(25)38-19-16-21-8-11-24(12-9-21)37-18-5-4-17-36-23-6-2-1-3-7-23/h1-3,6-13,20H,4-5,14-19H2,(H,30,31)(H,32,33)(H,34,35). The molecule has 3 aromatic carbocycles. The van der Waals surface area contributed by atoms with Gasteiger partial charge in [-0.25, -0.2) is 4.79 Å². The van der Waals surface area contributed by atoms with Gasteiger partial charge in [0, 0.05) is 17.1 Å². The van der Waals surface area contributed by atoms with Crippen LogP contribution in [0.2, 0.25) is 0 Å². The van der Waals surface area contributed by atoms with Crippen LogP contribution in [0, 0.1) is 0 Å². The van der Waals surface area contributed by atoms with Gasteiger partial charge in [-0.3, -0.25) is 9.59 Å². The molecule has 0 radical (unpaired) electrons. The van der Waals surface area contributed by atoms with Gasteiger partial charge in [-0.15, -0.1) is 11.8 Å². The molecule has 0 aliphatic rings. The van der Waals surface area contributed by atoms with E-state index in [9.17, 15) is 19.5 Å². The lowest BCUT2D eigenvalue weighted by Crippen LogP contribution is -2.14. The molecule has 3 rings (SSSR count). The number of nitrogens with one attached hydrogen (secondary N) is 1. The van der Waals surface area contributed by atoms with E-state index in [1.807, 2.05) is 54.6 Å². The van der Waals surface area contributed by atoms with E-state index >= 15 is 0 Å². The first-order valence-corrected chi connectivity index (χ1v) is 13.3. The van der Waals surface area contributed by atoms with Crippen LogP contribution >= 0.6 is 11.8 Å². The summed E-state index contributed by atoms with van der Waals surface area (Å²) < 4.78 is 11.5. The van der Waals surface area contributed by atoms with Gasteiger partial charge in [0.15, 0.2) is 0 Å². The highest BCUT2D eigenvalue weighted by Crippen LogP contribution is 2.29. The number of carboxylic acid groups (broad SMARTS) is 2. The number of aryl methyl sites for hydroxylation is 1. The second kappa shape index (κ2) is 15.3. The summed E-state index contributed by atoms with van der Waals surface area (Å²) in [5, 5.41) is 20.7. The Bertz CT molecular complexity index is 1200. The van der Waals surface area contributed by atoms with Crippen molar-refractivity contribution in [2.45, 2.75) is 37.0 Å². The van der Waals surface area contributed by atoms with Crippen molar-refractivity contribution in [1.29, 1.82) is 0 Å². The molecule has 0 aliphatic heterocycles. The van der Waals surface area contributed by atoms with Gasteiger partial charge in [-0.2, -0.15) is 0 Å². The molecule has 0 saturated carbocycles. The second-order valence-corrected chi connectivity index (χ2v) is 9.55. The maximum atomic E-state index is 12.1. The molecule has 0 spiro atoms. The topological polar surface area (TPSA) is 122 Å². The molecule has 9 heteroatoms. The van der Waals surface area contributed by atoms with Crippen LogP contribution < -0.4 is 14.8 Å². The van der Waals surface area contributed by atoms with Crippen LogP contribution in [0.1, 0.15) is 41.6 Å². The number of aromatic carboxylic acids is 1. The van der Waals surface area contributed by atoms with Gasteiger partial charge in [0.25, 0.3) is 0 Å². The van der Waals surface area contributed by atoms with E-state index in [1.165, 1.54) is 23.9 Å². The van der Waals surface area contributed by atoms with Gasteiger partial charge in [0.05, 0.1) is 30.9 Å². The van der Waals surface area contributed by atoms with Gasteiger partial charge >= 0.3 is 11.9 Å². The largest absolute Gasteiger partial charge is 0.494 e. The van der Waals surface area contributed by atoms with Crippen LogP contribution in [0.5, 0.6) is 11.5 Å². The summed E-state index contributed by atoms with van der Waals surface area (Å²) in [7, 11) is 0. The molecule has 3 aromatic rings. The minimum atomic E-state index is -1.11. The number of anilines is 1. The summed E-state index contributed by atoms with van der Waals surface area (Å²) >= 11 is 1.49. The average molecular weight is 538 g/mol. The monoisotopic (exact) mass is 537 g/mol. The third-order valence-electron chi connectivity index (χ3n) is 5.46. The van der Waals surface area contributed by atoms with E-state index in [0.717, 1.165) is 41.2 Å². The molecule has 0 aliphatic carbocycles. The maximum absolute atomic E-state index is 12.1. The summed E-state index contributed by atoms with van der Waals surface area (Å²) in [6, 6.07) is 22.2. The number of hydrogen-bond donors (Lipinski definition) is 3. The van der Waals surface area contributed by atoms with E-state index in [4.69, 9.17) is 14.6 Å². The average Bonchev–Trinajstić information content (AvgIpc) is 2.91. The van der Waals surface area contributed by atoms with Gasteiger partial charge in [-0.05, 0) is 67.3 Å². The first kappa shape index (κ1) is 28.6. The van der Waals surface area contributed by atoms with Gasteiger partial charge in [0.2, 0.25) is 5.91 Å². The van der Waals surface area contributed by atoms with Gasteiger partial charge in [-0.1, -0.05) is 30.3 Å². The first-order chi connectivity index (χ1) is 18.4. The predicted molar refractivity (Wildman–Crippen MR) is 146 cm³/mol. The number of thioether (sulfide) groups is 1. The zero-order valence-electron chi connectivity index (χ0n) is 20.9. The van der Waals surface area contributed by atoms with E-state index in [2.05, 4.69) is 5.32 Å². The fraction of sp³-hybridized carbons (Fsp3) is 0.276. The van der Waals surface area contributed by atoms with Crippen molar-refractivity contribution >= 4 is 35.3 Å². The van der Waals surface area contributed by atoms with Crippen molar-refractivity contribution in [3.05, 3.63) is 83.9 Å². The number of carbonyl (C=O) groups is 3. The number of para-hydroxylation sites is 1. The zero-order chi connectivity index (χ0) is 27.2. The first-order valence-electron chi connectivity index (χ1n) is 12.3. The molecule has 8 nitrogen and oxygen atoms in total. The molecule has 38 heavy (non-hydrogen) atoms. The Hall–Kier alpha value is -3.98. The number of benzene rings is 3. The molecule has 200 valence electrons. The summed E-state index contributed by atoms with van der Waals surface area (Å²) in [5.74, 6) is -0.274. The summed E-state index contributed by atoms with van der Waals surface area (Å²) in [4.78, 5) is 34.9. The smallest absolute Gasteiger partial charge is 0.335 e. The number of hydrogen-bond acceptors (Lipinski definition) is 6. The lowest BCUT2D eigenvalue weighted by atomic mass is 10.2. The Kier molecular flexibility index (Phi) is 11.5. The Balaban J connectivity index is 1.42. The molecule has 0 aromatic heterocycles. The Labute approximate surface area is 226 Å². The highest BCUT2D eigenvalue weighted by molar-refractivity contribution is 7.99. The van der Waals surface area contributed by atoms with Gasteiger partial charge < -0.3 is 25.0 Å². The van der Waals surface area contributed by atoms with Crippen LogP contribution in [-0.2, 0) is 16.0 Å². The maximum Gasteiger partial charge on any atom is 0.335 e. The number of ether oxygens (including phenoxy) is 2. The molecule has 0 fully saturated rings. The number of carbonyl (C=O) groups excluding carboxylic acids is 1. The molecule has 1 amide bonds. The second-order valence-electron chi connectivity index (χ2n) is 8.42. The van der Waals surface area contributed by atoms with Crippen LogP contribution in [-0.4, -0.2) is 47.0 Å². The summed E-state index contributed by atoms with van der Waals surface area (Å²) in [5.41, 5.74) is 1.53. The third kappa shape index (κ3) is 10.2. The van der Waals surface area contributed by atoms with Crippen LogP contribution in [0.25, 0.3) is 0 Å². The lowest BCUT2D eigenvalue weighted by Gasteiger charge is -2.12. The van der Waals surface area contributed by atoms with E-state index in [-0.39, 0.29) is 18.4 Å². The van der Waals surface area contributed by atoms with Crippen molar-refractivity contribution in [1.82, 2.24) is 0 Å². The molecule has 0 saturated heterocycles. The van der Waals surface area contributed by atoms with Crippen molar-refractivity contribution in [2.75, 3.05) is 24.3 Å². The molecule has 0 bridgehead atoms. The number of aliphatic carboxylic acids is 1. The zero-order valence-corrected chi connectivity index (χ0v) is 21.7. The van der Waals surface area contributed by atoms with Crippen LogP contribution in [0.4, 0.5) is 5.69 Å². The van der Waals surface area contributed by atoms with Crippen molar-refractivity contribution in [2.24, 2.45) is 0 Å². The van der Waals surface area contributed by atoms with Crippen LogP contribution in [0.3, 0.4) is 0 Å². The van der Waals surface area contributed by atoms with E-state index in [0.29, 0.717) is 24.7 Å². The molecule has 0 heterocycles. The highest BCUT2D eigenvalue weighted by Gasteiger charge is 2.13. The van der Waals surface area contributed by atoms with Crippen molar-refractivity contribution in [3.63, 3.8) is 0 Å². The minimum absolute atomic E-state index is 0.0437. The molecule has 0 unspecified atom stereocenters. The fourth-order valence-electron chi connectivity index (χ4n) is 3.45. The number of unbranched alkanes of at least 4 members (excludes halogenated alkanes) is 1. The molecule has 3 N–H and O–H groups in total. The molecule has 0 atom stereocenters. The van der Waals surface area contributed by atoms with E-state index < -0.39 is 17.8 Å². The summed E-state index contributed by atoms with van der Waals surface area (Å²) in [6.07, 6.45) is 2.07. The third-order valence-corrected chi connectivity index (χ3v) is 6.53. The van der Waals surface area contributed by atoms with Gasteiger partial charge in [0.1, 0.15) is 11.5 Å². The Morgan fingerprint density at radius 2 is 1.45 bits per heavy atom. The van der Waals surface area contributed by atoms with E-state index in [1.54, 1.807) is 6.07 Å². The predicted octanol–water partition coefficient (Wildman–Crippen LogP) is 5.76. The van der Waals surface area contributed by atoms with Crippen LogP contribution in [0.15, 0.2) is 77.7 Å². The Morgan fingerprint density at radius 1 is 0.789 bits per heavy atom. The quantitative estimate of drug-likeness (QED) is 0.156. The lowest BCUT2D eigenvalue weighted by molar-refractivity contribution is -0.138. The fourth-order valence-corrected chi connectivity index (χ4v) is 4.44. The number of rotatable bonds is 16. The minimum Gasteiger partial charge on any atom is -0.494 e. The summed E-state index contributed by atoms with van der Waals surface area (Å²) in [6.45, 7) is 1.26. The van der Waals surface area contributed by atoms with Crippen molar-refractivity contribution in [3.8, 4) is 11.5 Å². The van der Waals surface area contributed by atoms with Crippen molar-refractivity contribution < 1.29 is 34.1 Å². The normalized spacial score (nSPS) is 10.5. The molecular formula is C29H31NO7S. The SMILES string of the molecule is O=C(O)CCC(=O)Nc1cc(C(=O)O)ccc1SCCc1ccc(OCCCCOc2ccccc2)cc1. The molecular weight excluding hydrogens is 506 g/mol.